The number of rotatable bonds is 7. The van der Waals surface area contributed by atoms with Crippen molar-refractivity contribution in [1.29, 1.82) is 0 Å². The molecule has 4 rings (SSSR count). The number of hydrogen-bond acceptors (Lipinski definition) is 5. The normalized spacial score (nSPS) is 14.4. The summed E-state index contributed by atoms with van der Waals surface area (Å²) in [4.78, 5) is 20.9. The average Bonchev–Trinajstić information content (AvgIpc) is 3.44. The Labute approximate surface area is 195 Å². The summed E-state index contributed by atoms with van der Waals surface area (Å²) in [5.41, 5.74) is 9.71. The van der Waals surface area contributed by atoms with Gasteiger partial charge in [-0.2, -0.15) is 0 Å². The summed E-state index contributed by atoms with van der Waals surface area (Å²) < 4.78 is 27.0. The molecule has 11 heteroatoms. The molecule has 32 heavy (non-hydrogen) atoms. The molecule has 1 atom stereocenters. The highest BCUT2D eigenvalue weighted by Gasteiger charge is 2.28. The van der Waals surface area contributed by atoms with Gasteiger partial charge >= 0.3 is 0 Å². The van der Waals surface area contributed by atoms with Crippen molar-refractivity contribution in [2.45, 2.75) is 37.1 Å². The van der Waals surface area contributed by atoms with Crippen molar-refractivity contribution >= 4 is 39.1 Å². The first kappa shape index (κ1) is 22.8. The lowest BCUT2D eigenvalue weighted by molar-refractivity contribution is -0.133. The van der Waals surface area contributed by atoms with Gasteiger partial charge in [-0.15, -0.1) is 0 Å². The van der Waals surface area contributed by atoms with E-state index in [1.807, 2.05) is 18.2 Å². The summed E-state index contributed by atoms with van der Waals surface area (Å²) in [6.07, 6.45) is 2.86. The fourth-order valence-corrected chi connectivity index (χ4v) is 5.01. The molecule has 8 nitrogen and oxygen atoms in total. The van der Waals surface area contributed by atoms with Crippen LogP contribution in [0.5, 0.6) is 0 Å². The maximum Gasteiger partial charge on any atom is 0.257 e. The van der Waals surface area contributed by atoms with Crippen molar-refractivity contribution < 1.29 is 13.2 Å². The van der Waals surface area contributed by atoms with Crippen LogP contribution in [-0.4, -0.2) is 35.2 Å². The first-order valence-electron chi connectivity index (χ1n) is 9.80. The maximum atomic E-state index is 12.9. The van der Waals surface area contributed by atoms with Gasteiger partial charge in [0.2, 0.25) is 5.91 Å². The van der Waals surface area contributed by atoms with Crippen LogP contribution in [0.3, 0.4) is 0 Å². The van der Waals surface area contributed by atoms with Crippen molar-refractivity contribution in [3.8, 4) is 0 Å². The number of aromatic amines is 1. The summed E-state index contributed by atoms with van der Waals surface area (Å²) in [6, 6.07) is 10.0. The quantitative estimate of drug-likeness (QED) is 0.466. The number of H-pyrrole nitrogens is 1. The van der Waals surface area contributed by atoms with Crippen LogP contribution < -0.4 is 10.5 Å². The minimum atomic E-state index is -3.67. The maximum absolute atomic E-state index is 12.9. The predicted octanol–water partition coefficient (Wildman–Crippen LogP) is 2.61. The average molecular weight is 494 g/mol. The largest absolute Gasteiger partial charge is 0.335 e. The molecule has 4 N–H and O–H groups in total. The van der Waals surface area contributed by atoms with E-state index < -0.39 is 16.1 Å². The van der Waals surface area contributed by atoms with Gasteiger partial charge in [0.15, 0.2) is 5.03 Å². The summed E-state index contributed by atoms with van der Waals surface area (Å²) >= 11 is 12.1. The molecule has 3 aromatic rings. The number of halogens is 2. The number of benzene rings is 2. The summed E-state index contributed by atoms with van der Waals surface area (Å²) in [5.74, 6) is -0.172. The van der Waals surface area contributed by atoms with Crippen LogP contribution in [0.2, 0.25) is 10.0 Å². The number of imidazole rings is 1. The summed E-state index contributed by atoms with van der Waals surface area (Å²) in [7, 11) is -3.67. The van der Waals surface area contributed by atoms with Gasteiger partial charge in [0.1, 0.15) is 0 Å². The lowest BCUT2D eigenvalue weighted by Gasteiger charge is -2.20. The molecule has 0 unspecified atom stereocenters. The van der Waals surface area contributed by atoms with Crippen molar-refractivity contribution in [1.82, 2.24) is 19.6 Å². The molecule has 0 aliphatic carbocycles. The Morgan fingerprint density at radius 2 is 1.97 bits per heavy atom. The van der Waals surface area contributed by atoms with Gasteiger partial charge in [0.05, 0.1) is 18.6 Å². The molecule has 0 saturated heterocycles. The molecule has 0 fully saturated rings. The zero-order valence-corrected chi connectivity index (χ0v) is 19.2. The third kappa shape index (κ3) is 4.97. The molecule has 1 aliphatic rings. The number of nitrogens with two attached hydrogens (primary N) is 1. The van der Waals surface area contributed by atoms with Crippen molar-refractivity contribution in [2.75, 3.05) is 0 Å². The molecule has 1 aromatic heterocycles. The Balaban J connectivity index is 1.38. The van der Waals surface area contributed by atoms with E-state index in [2.05, 4.69) is 14.7 Å². The highest BCUT2D eigenvalue weighted by Crippen LogP contribution is 2.26. The second kappa shape index (κ2) is 9.21. The standard InChI is InChI=1S/C21H21Cl2N5O3S/c22-17-4-3-14(18(23)7-17)6-19(24)21(29)28-10-15-2-1-13(5-16(15)11-28)8-27-32(30,31)20-9-25-12-26-20/h1-5,7,9,12,19,27H,6,8,10-11,24H2,(H,25,26)/t19-/m1/s1. The molecule has 0 radical (unpaired) electrons. The Morgan fingerprint density at radius 1 is 1.19 bits per heavy atom. The van der Waals surface area contributed by atoms with E-state index in [0.717, 1.165) is 22.3 Å². The fourth-order valence-electron chi connectivity index (χ4n) is 3.61. The summed E-state index contributed by atoms with van der Waals surface area (Å²) in [6.45, 7) is 0.991. The minimum Gasteiger partial charge on any atom is -0.335 e. The van der Waals surface area contributed by atoms with Gasteiger partial charge in [-0.25, -0.2) is 18.1 Å². The molecule has 2 heterocycles. The zero-order valence-electron chi connectivity index (χ0n) is 16.9. The van der Waals surface area contributed by atoms with Crippen LogP contribution in [0.1, 0.15) is 22.3 Å². The minimum absolute atomic E-state index is 0.00482. The van der Waals surface area contributed by atoms with Gasteiger partial charge in [-0.1, -0.05) is 47.5 Å². The number of nitrogens with one attached hydrogen (secondary N) is 2. The van der Waals surface area contributed by atoms with E-state index in [9.17, 15) is 13.2 Å². The Bertz CT molecular complexity index is 1250. The van der Waals surface area contributed by atoms with Gasteiger partial charge in [-0.3, -0.25) is 4.79 Å². The van der Waals surface area contributed by atoms with E-state index in [0.29, 0.717) is 29.6 Å². The molecule has 0 saturated carbocycles. The second-order valence-corrected chi connectivity index (χ2v) is 10.2. The van der Waals surface area contributed by atoms with Crippen molar-refractivity contribution in [2.24, 2.45) is 5.73 Å². The van der Waals surface area contributed by atoms with Crippen molar-refractivity contribution in [3.63, 3.8) is 0 Å². The van der Waals surface area contributed by atoms with Crippen LogP contribution in [0.25, 0.3) is 0 Å². The van der Waals surface area contributed by atoms with E-state index in [-0.39, 0.29) is 17.5 Å². The van der Waals surface area contributed by atoms with Gasteiger partial charge in [0, 0.05) is 29.7 Å². The highest BCUT2D eigenvalue weighted by molar-refractivity contribution is 7.89. The third-order valence-corrected chi connectivity index (χ3v) is 7.22. The van der Waals surface area contributed by atoms with Crippen molar-refractivity contribution in [3.05, 3.63) is 81.2 Å². The molecule has 168 valence electrons. The number of carbonyl (C=O) groups excluding carboxylic acids is 1. The van der Waals surface area contributed by atoms with Gasteiger partial charge in [0.25, 0.3) is 10.0 Å². The van der Waals surface area contributed by atoms with Crippen LogP contribution in [0.15, 0.2) is 53.9 Å². The number of nitrogens with zero attached hydrogens (tertiary/aromatic N) is 2. The molecule has 0 spiro atoms. The number of hydrogen-bond donors (Lipinski definition) is 3. The molecule has 2 aromatic carbocycles. The van der Waals surface area contributed by atoms with Gasteiger partial charge in [-0.05, 0) is 40.8 Å². The van der Waals surface area contributed by atoms with Crippen LogP contribution in [0.4, 0.5) is 0 Å². The van der Waals surface area contributed by atoms with E-state index in [1.54, 1.807) is 23.1 Å². The Hall–Kier alpha value is -2.43. The second-order valence-electron chi connectivity index (χ2n) is 7.58. The van der Waals surface area contributed by atoms with Crippen LogP contribution in [-0.2, 0) is 40.9 Å². The van der Waals surface area contributed by atoms with Crippen LogP contribution >= 0.6 is 23.2 Å². The predicted molar refractivity (Wildman–Crippen MR) is 121 cm³/mol. The third-order valence-electron chi connectivity index (χ3n) is 5.31. The number of aromatic nitrogens is 2. The number of amides is 1. The molecular formula is C21H21Cl2N5O3S. The van der Waals surface area contributed by atoms with Crippen LogP contribution in [0, 0.1) is 0 Å². The summed E-state index contributed by atoms with van der Waals surface area (Å²) in [5, 5.41) is 1.01. The van der Waals surface area contributed by atoms with E-state index in [4.69, 9.17) is 28.9 Å². The fraction of sp³-hybridized carbons (Fsp3) is 0.238. The number of sulfonamides is 1. The number of carbonyl (C=O) groups is 1. The topological polar surface area (TPSA) is 121 Å². The molecule has 1 amide bonds. The Kier molecular flexibility index (Phi) is 6.55. The SMILES string of the molecule is N[C@H](Cc1ccc(Cl)cc1Cl)C(=O)N1Cc2ccc(CNS(=O)(=O)c3cnc[nH]3)cc2C1. The zero-order chi connectivity index (χ0) is 22.9. The molecule has 1 aliphatic heterocycles. The first-order chi connectivity index (χ1) is 15.2. The lowest BCUT2D eigenvalue weighted by Crippen LogP contribution is -2.42. The van der Waals surface area contributed by atoms with E-state index in [1.165, 1.54) is 12.5 Å². The monoisotopic (exact) mass is 493 g/mol. The van der Waals surface area contributed by atoms with E-state index >= 15 is 0 Å². The van der Waals surface area contributed by atoms with Gasteiger partial charge < -0.3 is 15.6 Å². The Morgan fingerprint density at radius 3 is 2.69 bits per heavy atom. The number of fused-ring (bicyclic) bond motifs is 1. The smallest absolute Gasteiger partial charge is 0.257 e. The first-order valence-corrected chi connectivity index (χ1v) is 12.0. The lowest BCUT2D eigenvalue weighted by atomic mass is 10.1. The molecule has 0 bridgehead atoms. The molecular weight excluding hydrogens is 473 g/mol. The highest BCUT2D eigenvalue weighted by atomic mass is 35.5.